The van der Waals surface area contributed by atoms with Crippen molar-refractivity contribution in [2.24, 2.45) is 0 Å². The van der Waals surface area contributed by atoms with Crippen LogP contribution < -0.4 is 0 Å². The highest BCUT2D eigenvalue weighted by atomic mass is 16.3. The monoisotopic (exact) mass is 163 g/mol. The lowest BCUT2D eigenvalue weighted by atomic mass is 9.97. The van der Waals surface area contributed by atoms with Crippen LogP contribution in [0.3, 0.4) is 0 Å². The maximum absolute atomic E-state index is 9.64. The summed E-state index contributed by atoms with van der Waals surface area (Å²) in [6, 6.07) is 7.89. The van der Waals surface area contributed by atoms with Gasteiger partial charge in [-0.05, 0) is 38.3 Å². The van der Waals surface area contributed by atoms with Crippen LogP contribution in [-0.2, 0) is 12.0 Å². The Morgan fingerprint density at radius 2 is 1.75 bits per heavy atom. The first-order valence-electron chi connectivity index (χ1n) is 4.15. The van der Waals surface area contributed by atoms with E-state index in [1.807, 2.05) is 24.3 Å². The van der Waals surface area contributed by atoms with Crippen molar-refractivity contribution in [3.8, 4) is 0 Å². The van der Waals surface area contributed by atoms with E-state index in [4.69, 9.17) is 0 Å². The van der Waals surface area contributed by atoms with Crippen molar-refractivity contribution >= 4 is 0 Å². The van der Waals surface area contributed by atoms with Crippen LogP contribution in [0.5, 0.6) is 0 Å². The molecule has 1 aromatic carbocycles. The van der Waals surface area contributed by atoms with Crippen molar-refractivity contribution in [3.63, 3.8) is 0 Å². The minimum atomic E-state index is -0.736. The number of aliphatic hydroxyl groups is 1. The summed E-state index contributed by atoms with van der Waals surface area (Å²) in [7, 11) is 0. The van der Waals surface area contributed by atoms with Gasteiger partial charge in [-0.1, -0.05) is 24.3 Å². The third-order valence-corrected chi connectivity index (χ3v) is 1.95. The molecule has 12 heavy (non-hydrogen) atoms. The summed E-state index contributed by atoms with van der Waals surface area (Å²) < 4.78 is 0. The molecule has 1 N–H and O–H groups in total. The molecule has 1 aromatic rings. The van der Waals surface area contributed by atoms with Crippen LogP contribution >= 0.6 is 0 Å². The molecule has 0 saturated carbocycles. The van der Waals surface area contributed by atoms with E-state index in [0.29, 0.717) is 0 Å². The van der Waals surface area contributed by atoms with Crippen molar-refractivity contribution in [2.45, 2.75) is 25.9 Å². The van der Waals surface area contributed by atoms with Gasteiger partial charge >= 0.3 is 0 Å². The minimum Gasteiger partial charge on any atom is -0.386 e. The molecule has 0 aliphatic carbocycles. The Bertz CT molecular complexity index is 241. The highest BCUT2D eigenvalue weighted by Gasteiger charge is 2.14. The third kappa shape index (κ3) is 2.08. The van der Waals surface area contributed by atoms with E-state index < -0.39 is 5.60 Å². The molecule has 0 heterocycles. The molecule has 0 amide bonds. The van der Waals surface area contributed by atoms with Crippen LogP contribution in [0.15, 0.2) is 24.3 Å². The summed E-state index contributed by atoms with van der Waals surface area (Å²) in [4.78, 5) is 0. The van der Waals surface area contributed by atoms with E-state index in [1.165, 1.54) is 5.56 Å². The highest BCUT2D eigenvalue weighted by Crippen LogP contribution is 2.19. The van der Waals surface area contributed by atoms with Gasteiger partial charge < -0.3 is 5.11 Å². The van der Waals surface area contributed by atoms with E-state index >= 15 is 0 Å². The number of rotatable bonds is 2. The molecule has 0 unspecified atom stereocenters. The first-order valence-corrected chi connectivity index (χ1v) is 4.15. The van der Waals surface area contributed by atoms with E-state index in [-0.39, 0.29) is 0 Å². The quantitative estimate of drug-likeness (QED) is 0.709. The Balaban J connectivity index is 2.93. The molecule has 1 rings (SSSR count). The van der Waals surface area contributed by atoms with Crippen molar-refractivity contribution < 1.29 is 5.11 Å². The van der Waals surface area contributed by atoms with Gasteiger partial charge in [0, 0.05) is 0 Å². The smallest absolute Gasteiger partial charge is 0.0840 e. The predicted molar refractivity (Wildman–Crippen MR) is 50.7 cm³/mol. The summed E-state index contributed by atoms with van der Waals surface area (Å²) in [6.07, 6.45) is 0.798. The zero-order valence-electron chi connectivity index (χ0n) is 7.67. The summed E-state index contributed by atoms with van der Waals surface area (Å²) in [6.45, 7) is 7.35. The Hall–Kier alpha value is -0.820. The number of hydrogen-bond donors (Lipinski definition) is 1. The van der Waals surface area contributed by atoms with Gasteiger partial charge in [-0.15, -0.1) is 0 Å². The molecule has 1 radical (unpaired) electrons. The Kier molecular flexibility index (Phi) is 2.53. The fourth-order valence-electron chi connectivity index (χ4n) is 1.08. The number of hydrogen-bond acceptors (Lipinski definition) is 1. The van der Waals surface area contributed by atoms with Gasteiger partial charge in [-0.25, -0.2) is 0 Å². The van der Waals surface area contributed by atoms with E-state index in [0.717, 1.165) is 12.0 Å². The molecule has 1 heteroatoms. The van der Waals surface area contributed by atoms with Gasteiger partial charge in [-0.3, -0.25) is 0 Å². The van der Waals surface area contributed by atoms with Gasteiger partial charge in [0.15, 0.2) is 0 Å². The van der Waals surface area contributed by atoms with Gasteiger partial charge in [-0.2, -0.15) is 0 Å². The van der Waals surface area contributed by atoms with Crippen LogP contribution in [0.25, 0.3) is 0 Å². The zero-order chi connectivity index (χ0) is 9.19. The normalized spacial score (nSPS) is 11.7. The third-order valence-electron chi connectivity index (χ3n) is 1.95. The molecule has 0 aliphatic rings. The van der Waals surface area contributed by atoms with Gasteiger partial charge in [0.25, 0.3) is 0 Å². The van der Waals surface area contributed by atoms with Crippen LogP contribution in [0.2, 0.25) is 0 Å². The average Bonchev–Trinajstić information content (AvgIpc) is 2.03. The second kappa shape index (κ2) is 3.28. The van der Waals surface area contributed by atoms with Crippen molar-refractivity contribution in [2.75, 3.05) is 0 Å². The van der Waals surface area contributed by atoms with Gasteiger partial charge in [0.2, 0.25) is 0 Å². The lowest BCUT2D eigenvalue weighted by molar-refractivity contribution is 0.0786. The summed E-state index contributed by atoms with van der Waals surface area (Å²) in [5, 5.41) is 9.64. The van der Waals surface area contributed by atoms with Crippen LogP contribution in [-0.4, -0.2) is 5.11 Å². The standard InChI is InChI=1S/C11H15O/c1-4-9-5-7-10(8-6-9)11(2,3)12/h5-8,12H,1,4H2,2-3H3. The molecule has 0 aromatic heterocycles. The van der Waals surface area contributed by atoms with Crippen LogP contribution in [0, 0.1) is 6.92 Å². The maximum Gasteiger partial charge on any atom is 0.0840 e. The lowest BCUT2D eigenvalue weighted by Gasteiger charge is -2.17. The van der Waals surface area contributed by atoms with Crippen LogP contribution in [0.4, 0.5) is 0 Å². The van der Waals surface area contributed by atoms with Gasteiger partial charge in [0.05, 0.1) is 5.60 Å². The molecule has 0 bridgehead atoms. The van der Waals surface area contributed by atoms with Gasteiger partial charge in [0.1, 0.15) is 0 Å². The maximum atomic E-state index is 9.64. The van der Waals surface area contributed by atoms with Crippen molar-refractivity contribution in [1.82, 2.24) is 0 Å². The average molecular weight is 163 g/mol. The van der Waals surface area contributed by atoms with Crippen molar-refractivity contribution in [3.05, 3.63) is 42.3 Å². The molecule has 0 saturated heterocycles. The predicted octanol–water partition coefficient (Wildman–Crippen LogP) is 2.29. The fourth-order valence-corrected chi connectivity index (χ4v) is 1.08. The molecule has 0 spiro atoms. The molecule has 65 valence electrons. The Morgan fingerprint density at radius 3 is 2.08 bits per heavy atom. The zero-order valence-corrected chi connectivity index (χ0v) is 7.67. The Morgan fingerprint density at radius 1 is 1.25 bits per heavy atom. The summed E-state index contributed by atoms with van der Waals surface area (Å²) >= 11 is 0. The summed E-state index contributed by atoms with van der Waals surface area (Å²) in [5.41, 5.74) is 1.40. The fraction of sp³-hybridized carbons (Fsp3) is 0.364. The first kappa shape index (κ1) is 9.27. The second-order valence-electron chi connectivity index (χ2n) is 3.51. The van der Waals surface area contributed by atoms with E-state index in [1.54, 1.807) is 13.8 Å². The minimum absolute atomic E-state index is 0.736. The Labute approximate surface area is 74.1 Å². The highest BCUT2D eigenvalue weighted by molar-refractivity contribution is 5.26. The number of benzene rings is 1. The topological polar surface area (TPSA) is 20.2 Å². The van der Waals surface area contributed by atoms with E-state index in [9.17, 15) is 5.11 Å². The molecule has 0 aliphatic heterocycles. The van der Waals surface area contributed by atoms with Crippen LogP contribution in [0.1, 0.15) is 25.0 Å². The second-order valence-corrected chi connectivity index (χ2v) is 3.51. The summed E-state index contributed by atoms with van der Waals surface area (Å²) in [5.74, 6) is 0. The lowest BCUT2D eigenvalue weighted by Crippen LogP contribution is -2.15. The molecule has 0 fully saturated rings. The molecular weight excluding hydrogens is 148 g/mol. The van der Waals surface area contributed by atoms with E-state index in [2.05, 4.69) is 6.92 Å². The molecule has 1 nitrogen and oxygen atoms in total. The molecule has 0 atom stereocenters. The largest absolute Gasteiger partial charge is 0.386 e. The molecular formula is C11H15O. The first-order chi connectivity index (χ1) is 5.54. The SMILES string of the molecule is [CH2]Cc1ccc(C(C)(C)O)cc1. The van der Waals surface area contributed by atoms with Crippen molar-refractivity contribution in [1.29, 1.82) is 0 Å².